The van der Waals surface area contributed by atoms with Crippen LogP contribution in [0, 0.1) is 5.92 Å². The molecule has 5 nitrogen and oxygen atoms in total. The molecular formula is C14H24N2O3S2. The molecule has 1 aliphatic heterocycles. The largest absolute Gasteiger partial charge is 0.390 e. The van der Waals surface area contributed by atoms with Gasteiger partial charge in [0.2, 0.25) is 0 Å². The third-order valence-electron chi connectivity index (χ3n) is 3.97. The van der Waals surface area contributed by atoms with Crippen LogP contribution in [0.4, 0.5) is 0 Å². The topological polar surface area (TPSA) is 60.9 Å². The molecule has 0 bridgehead atoms. The van der Waals surface area contributed by atoms with E-state index in [4.69, 9.17) is 0 Å². The summed E-state index contributed by atoms with van der Waals surface area (Å²) >= 11 is 1.20. The van der Waals surface area contributed by atoms with Gasteiger partial charge in [0.1, 0.15) is 4.21 Å². The van der Waals surface area contributed by atoms with Crippen LogP contribution in [-0.4, -0.2) is 62.1 Å². The first-order chi connectivity index (χ1) is 9.89. The summed E-state index contributed by atoms with van der Waals surface area (Å²) in [7, 11) is -1.94. The van der Waals surface area contributed by atoms with Gasteiger partial charge in [0.15, 0.2) is 0 Å². The van der Waals surface area contributed by atoms with Crippen molar-refractivity contribution in [3.63, 3.8) is 0 Å². The molecule has 0 saturated carbocycles. The Morgan fingerprint density at radius 3 is 2.71 bits per heavy atom. The van der Waals surface area contributed by atoms with E-state index in [-0.39, 0.29) is 6.54 Å². The highest BCUT2D eigenvalue weighted by Crippen LogP contribution is 2.20. The summed E-state index contributed by atoms with van der Waals surface area (Å²) < 4.78 is 26.1. The van der Waals surface area contributed by atoms with Gasteiger partial charge in [-0.2, -0.15) is 4.31 Å². The predicted molar refractivity (Wildman–Crippen MR) is 85.0 cm³/mol. The van der Waals surface area contributed by atoms with Gasteiger partial charge in [-0.05, 0) is 43.3 Å². The van der Waals surface area contributed by atoms with Crippen molar-refractivity contribution in [1.82, 2.24) is 9.21 Å². The van der Waals surface area contributed by atoms with Crippen molar-refractivity contribution in [3.05, 3.63) is 17.5 Å². The first-order valence-corrected chi connectivity index (χ1v) is 9.62. The number of piperidine rings is 1. The van der Waals surface area contributed by atoms with Crippen LogP contribution in [0.1, 0.15) is 19.8 Å². The van der Waals surface area contributed by atoms with E-state index in [1.807, 2.05) is 0 Å². The van der Waals surface area contributed by atoms with Crippen molar-refractivity contribution in [2.75, 3.05) is 33.2 Å². The number of thiophene rings is 1. The van der Waals surface area contributed by atoms with Gasteiger partial charge in [-0.3, -0.25) is 0 Å². The minimum Gasteiger partial charge on any atom is -0.390 e. The quantitative estimate of drug-likeness (QED) is 0.857. The van der Waals surface area contributed by atoms with Crippen LogP contribution >= 0.6 is 11.3 Å². The second-order valence-corrected chi connectivity index (χ2v) is 9.07. The number of likely N-dealkylation sites (N-methyl/N-ethyl adjacent to an activating group) is 1. The number of nitrogens with zero attached hydrogens (tertiary/aromatic N) is 2. The Bertz CT molecular complexity index is 522. The number of sulfonamides is 1. The molecule has 1 unspecified atom stereocenters. The Hall–Kier alpha value is -0.470. The Morgan fingerprint density at radius 2 is 2.14 bits per heavy atom. The Labute approximate surface area is 131 Å². The van der Waals surface area contributed by atoms with Gasteiger partial charge in [-0.25, -0.2) is 8.42 Å². The van der Waals surface area contributed by atoms with Gasteiger partial charge < -0.3 is 10.0 Å². The Kier molecular flexibility index (Phi) is 5.79. The van der Waals surface area contributed by atoms with Crippen molar-refractivity contribution >= 4 is 21.4 Å². The van der Waals surface area contributed by atoms with Crippen LogP contribution in [0.25, 0.3) is 0 Å². The average Bonchev–Trinajstić information content (AvgIpc) is 2.96. The van der Waals surface area contributed by atoms with Crippen LogP contribution in [0.3, 0.4) is 0 Å². The van der Waals surface area contributed by atoms with Crippen LogP contribution in [0.5, 0.6) is 0 Å². The van der Waals surface area contributed by atoms with Gasteiger partial charge >= 0.3 is 0 Å². The molecule has 120 valence electrons. The molecule has 0 spiro atoms. The highest BCUT2D eigenvalue weighted by Gasteiger charge is 2.25. The van der Waals surface area contributed by atoms with Gasteiger partial charge in [-0.15, -0.1) is 11.3 Å². The number of likely N-dealkylation sites (tertiary alicyclic amines) is 1. The Balaban J connectivity index is 1.86. The molecule has 1 aliphatic rings. The molecule has 1 atom stereocenters. The number of β-amino-alcohol motifs (C(OH)–C–C–N with tert-alkyl or cyclic N) is 1. The fraction of sp³-hybridized carbons (Fsp3) is 0.714. The SMILES string of the molecule is CC1CCN(CC(O)CN(C)S(=O)(=O)c2cccs2)CC1. The zero-order valence-corrected chi connectivity index (χ0v) is 14.2. The molecule has 1 aromatic rings. The third-order valence-corrected chi connectivity index (χ3v) is 7.17. The number of hydrogen-bond acceptors (Lipinski definition) is 5. The van der Waals surface area contributed by atoms with E-state index in [9.17, 15) is 13.5 Å². The fourth-order valence-corrected chi connectivity index (χ4v) is 4.97. The van der Waals surface area contributed by atoms with Crippen molar-refractivity contribution in [1.29, 1.82) is 0 Å². The molecule has 21 heavy (non-hydrogen) atoms. The van der Waals surface area contributed by atoms with E-state index >= 15 is 0 Å². The molecule has 0 amide bonds. The lowest BCUT2D eigenvalue weighted by Crippen LogP contribution is -2.43. The number of hydrogen-bond donors (Lipinski definition) is 1. The summed E-state index contributed by atoms with van der Waals surface area (Å²) in [5.74, 6) is 0.750. The van der Waals surface area contributed by atoms with Crippen LogP contribution in [0.2, 0.25) is 0 Å². The zero-order chi connectivity index (χ0) is 15.5. The van der Waals surface area contributed by atoms with Gasteiger partial charge in [0.05, 0.1) is 6.10 Å². The third kappa shape index (κ3) is 4.50. The molecule has 1 saturated heterocycles. The summed E-state index contributed by atoms with van der Waals surface area (Å²) in [4.78, 5) is 2.22. The summed E-state index contributed by atoms with van der Waals surface area (Å²) in [6.07, 6.45) is 1.64. The highest BCUT2D eigenvalue weighted by atomic mass is 32.2. The molecule has 0 aliphatic carbocycles. The molecule has 1 fully saturated rings. The van der Waals surface area contributed by atoms with Gasteiger partial charge in [0, 0.05) is 20.1 Å². The summed E-state index contributed by atoms with van der Waals surface area (Å²) in [5.41, 5.74) is 0. The maximum Gasteiger partial charge on any atom is 0.252 e. The molecule has 2 rings (SSSR count). The normalized spacial score (nSPS) is 20.0. The van der Waals surface area contributed by atoms with Crippen LogP contribution in [-0.2, 0) is 10.0 Å². The minimum absolute atomic E-state index is 0.131. The van der Waals surface area contributed by atoms with E-state index in [0.29, 0.717) is 10.8 Å². The lowest BCUT2D eigenvalue weighted by atomic mass is 9.99. The fourth-order valence-electron chi connectivity index (χ4n) is 2.56. The van der Waals surface area contributed by atoms with Crippen LogP contribution in [0.15, 0.2) is 21.7 Å². The van der Waals surface area contributed by atoms with Crippen molar-refractivity contribution in [3.8, 4) is 0 Å². The first-order valence-electron chi connectivity index (χ1n) is 7.30. The monoisotopic (exact) mass is 332 g/mol. The maximum atomic E-state index is 12.3. The zero-order valence-electron chi connectivity index (χ0n) is 12.6. The number of rotatable bonds is 6. The average molecular weight is 332 g/mol. The standard InChI is InChI=1S/C14H24N2O3S2/c1-12-5-7-16(8-6-12)11-13(17)10-15(2)21(18,19)14-4-3-9-20-14/h3-4,9,12-13,17H,5-8,10-11H2,1-2H3. The molecule has 0 aromatic carbocycles. The van der Waals surface area contributed by atoms with E-state index in [0.717, 1.165) is 31.8 Å². The van der Waals surface area contributed by atoms with E-state index in [2.05, 4.69) is 11.8 Å². The lowest BCUT2D eigenvalue weighted by molar-refractivity contribution is 0.0813. The molecule has 1 aromatic heterocycles. The van der Waals surface area contributed by atoms with Crippen molar-refractivity contribution in [2.45, 2.75) is 30.1 Å². The maximum absolute atomic E-state index is 12.3. The van der Waals surface area contributed by atoms with Crippen LogP contribution < -0.4 is 0 Å². The van der Waals surface area contributed by atoms with Crippen molar-refractivity contribution < 1.29 is 13.5 Å². The van der Waals surface area contributed by atoms with E-state index < -0.39 is 16.1 Å². The summed E-state index contributed by atoms with van der Waals surface area (Å²) in [6, 6.07) is 3.31. The molecule has 0 radical (unpaired) electrons. The lowest BCUT2D eigenvalue weighted by Gasteiger charge is -2.32. The predicted octanol–water partition coefficient (Wildman–Crippen LogP) is 1.46. The minimum atomic E-state index is -3.47. The van der Waals surface area contributed by atoms with E-state index in [1.165, 1.54) is 22.7 Å². The van der Waals surface area contributed by atoms with Gasteiger partial charge in [-0.1, -0.05) is 13.0 Å². The smallest absolute Gasteiger partial charge is 0.252 e. The number of aliphatic hydroxyl groups is 1. The summed E-state index contributed by atoms with van der Waals surface area (Å²) in [6.45, 7) is 4.89. The molecule has 7 heteroatoms. The van der Waals surface area contributed by atoms with Gasteiger partial charge in [0.25, 0.3) is 10.0 Å². The second-order valence-electron chi connectivity index (χ2n) is 5.85. The highest BCUT2D eigenvalue weighted by molar-refractivity contribution is 7.91. The second kappa shape index (κ2) is 7.19. The summed E-state index contributed by atoms with van der Waals surface area (Å²) in [5, 5.41) is 11.9. The van der Waals surface area contributed by atoms with Crippen molar-refractivity contribution in [2.24, 2.45) is 5.92 Å². The molecule has 2 heterocycles. The number of aliphatic hydroxyl groups excluding tert-OH is 1. The Morgan fingerprint density at radius 1 is 1.48 bits per heavy atom. The molecular weight excluding hydrogens is 308 g/mol. The van der Waals surface area contributed by atoms with E-state index in [1.54, 1.807) is 17.5 Å². The molecule has 1 N–H and O–H groups in total. The first kappa shape index (κ1) is 16.9.